The first-order valence-electron chi connectivity index (χ1n) is 11.8. The summed E-state index contributed by atoms with van der Waals surface area (Å²) in [5.74, 6) is 0.422. The zero-order valence-corrected chi connectivity index (χ0v) is 21.6. The number of hydrogen-bond acceptors (Lipinski definition) is 6. The van der Waals surface area contributed by atoms with Crippen LogP contribution in [0.1, 0.15) is 45.5 Å². The van der Waals surface area contributed by atoms with E-state index in [0.717, 1.165) is 33.1 Å². The predicted octanol–water partition coefficient (Wildman–Crippen LogP) is 7.80. The summed E-state index contributed by atoms with van der Waals surface area (Å²) in [6, 6.07) is 23.0. The topological polar surface area (TPSA) is 66.7 Å². The molecule has 0 aliphatic heterocycles. The Hall–Kier alpha value is -3.35. The summed E-state index contributed by atoms with van der Waals surface area (Å²) in [5, 5.41) is 12.7. The van der Waals surface area contributed by atoms with Gasteiger partial charge in [0, 0.05) is 43.6 Å². The van der Waals surface area contributed by atoms with Crippen LogP contribution in [0.15, 0.2) is 116 Å². The number of nitrogens with zero attached hydrogens (tertiary/aromatic N) is 1. The van der Waals surface area contributed by atoms with Crippen LogP contribution in [-0.2, 0) is 0 Å². The molecular formula is C30H27NO3S2. The van der Waals surface area contributed by atoms with Gasteiger partial charge in [0.2, 0.25) is 5.78 Å². The van der Waals surface area contributed by atoms with E-state index in [-0.39, 0.29) is 17.3 Å². The molecule has 4 rings (SSSR count). The minimum absolute atomic E-state index is 0.0454. The van der Waals surface area contributed by atoms with E-state index in [0.29, 0.717) is 23.3 Å². The zero-order chi connectivity index (χ0) is 25.3. The van der Waals surface area contributed by atoms with Crippen LogP contribution in [0.5, 0.6) is 0 Å². The van der Waals surface area contributed by atoms with Gasteiger partial charge in [0.25, 0.3) is 0 Å². The Bertz CT molecular complexity index is 1310. The van der Waals surface area contributed by atoms with E-state index in [2.05, 4.69) is 17.3 Å². The molecule has 0 saturated carbocycles. The van der Waals surface area contributed by atoms with Crippen LogP contribution in [0.25, 0.3) is 0 Å². The van der Waals surface area contributed by atoms with E-state index in [1.165, 1.54) is 5.56 Å². The minimum atomic E-state index is -0.271. The first kappa shape index (κ1) is 25.7. The lowest BCUT2D eigenvalue weighted by Gasteiger charge is -2.08. The number of carbonyl (C=O) groups excluding carboxylic acids is 2. The molecule has 0 fully saturated rings. The summed E-state index contributed by atoms with van der Waals surface area (Å²) in [6.45, 7) is 2.04. The highest BCUT2D eigenvalue weighted by Gasteiger charge is 2.15. The number of oxime groups is 1. The van der Waals surface area contributed by atoms with Gasteiger partial charge in [-0.25, -0.2) is 0 Å². The molecule has 0 spiro atoms. The number of rotatable bonds is 10. The monoisotopic (exact) mass is 513 g/mol. The number of Topliss-reactive ketones (excluding diaryl/α,β-unsaturated/α-hetero) is 2. The van der Waals surface area contributed by atoms with Crippen LogP contribution < -0.4 is 0 Å². The van der Waals surface area contributed by atoms with Crippen LogP contribution in [0.2, 0.25) is 0 Å². The van der Waals surface area contributed by atoms with E-state index in [9.17, 15) is 14.8 Å². The summed E-state index contributed by atoms with van der Waals surface area (Å²) >= 11 is 3.18. The van der Waals surface area contributed by atoms with E-state index in [1.54, 1.807) is 35.7 Å². The molecule has 0 radical (unpaired) electrons. The Morgan fingerprint density at radius 2 is 1.44 bits per heavy atom. The third-order valence-corrected chi connectivity index (χ3v) is 7.77. The van der Waals surface area contributed by atoms with Crippen LogP contribution in [-0.4, -0.2) is 28.2 Å². The fourth-order valence-corrected chi connectivity index (χ4v) is 5.38. The summed E-state index contributed by atoms with van der Waals surface area (Å²) in [5.41, 5.74) is 3.27. The molecule has 0 bridgehead atoms. The van der Waals surface area contributed by atoms with Crippen molar-refractivity contribution in [3.63, 3.8) is 0 Å². The van der Waals surface area contributed by atoms with Crippen molar-refractivity contribution in [3.05, 3.63) is 113 Å². The van der Waals surface area contributed by atoms with Gasteiger partial charge < -0.3 is 5.21 Å². The first-order chi connectivity index (χ1) is 17.5. The number of ketones is 2. The van der Waals surface area contributed by atoms with Gasteiger partial charge in [-0.3, -0.25) is 9.59 Å². The zero-order valence-electron chi connectivity index (χ0n) is 20.0. The Balaban J connectivity index is 1.32. The molecule has 1 N–H and O–H groups in total. The lowest BCUT2D eigenvalue weighted by atomic mass is 9.98. The average molecular weight is 514 g/mol. The maximum atomic E-state index is 12.8. The summed E-state index contributed by atoms with van der Waals surface area (Å²) in [7, 11) is 0. The van der Waals surface area contributed by atoms with Crippen molar-refractivity contribution in [1.82, 2.24) is 0 Å². The van der Waals surface area contributed by atoms with Crippen molar-refractivity contribution >= 4 is 40.8 Å². The molecular weight excluding hydrogens is 486 g/mol. The van der Waals surface area contributed by atoms with E-state index in [4.69, 9.17) is 0 Å². The molecule has 1 aliphatic carbocycles. The second-order valence-corrected chi connectivity index (χ2v) is 10.7. The fraction of sp³-hybridized carbons (Fsp3) is 0.167. The summed E-state index contributed by atoms with van der Waals surface area (Å²) in [4.78, 5) is 28.5. The lowest BCUT2D eigenvalue weighted by molar-refractivity contribution is 0.103. The Labute approximate surface area is 220 Å². The Morgan fingerprint density at radius 3 is 2.03 bits per heavy atom. The molecule has 3 aromatic carbocycles. The van der Waals surface area contributed by atoms with E-state index < -0.39 is 0 Å². The second kappa shape index (κ2) is 12.6. The lowest BCUT2D eigenvalue weighted by Crippen LogP contribution is -2.15. The molecule has 0 saturated heterocycles. The molecule has 182 valence electrons. The molecule has 0 atom stereocenters. The molecule has 4 nitrogen and oxygen atoms in total. The fourth-order valence-electron chi connectivity index (χ4n) is 3.71. The van der Waals surface area contributed by atoms with Gasteiger partial charge in [0.15, 0.2) is 5.78 Å². The van der Waals surface area contributed by atoms with Crippen molar-refractivity contribution in [2.24, 2.45) is 5.16 Å². The molecule has 0 heterocycles. The highest BCUT2D eigenvalue weighted by molar-refractivity contribution is 7.99. The van der Waals surface area contributed by atoms with Gasteiger partial charge in [-0.15, -0.1) is 11.8 Å². The van der Waals surface area contributed by atoms with Crippen LogP contribution in [0, 0.1) is 6.92 Å². The normalized spacial score (nSPS) is 13.4. The SMILES string of the molecule is Cc1ccc(SCC/C(=N\O)C(=O)c2ccc(Sc3ccc(C(=O)C4=CCCC=C4)cc3)cc2)cc1. The van der Waals surface area contributed by atoms with Crippen molar-refractivity contribution < 1.29 is 14.8 Å². The van der Waals surface area contributed by atoms with Crippen molar-refractivity contribution in [2.75, 3.05) is 5.75 Å². The number of carbonyl (C=O) groups is 2. The molecule has 36 heavy (non-hydrogen) atoms. The Morgan fingerprint density at radius 1 is 0.833 bits per heavy atom. The molecule has 0 amide bonds. The largest absolute Gasteiger partial charge is 0.411 e. The first-order valence-corrected chi connectivity index (χ1v) is 13.6. The smallest absolute Gasteiger partial charge is 0.210 e. The van der Waals surface area contributed by atoms with Gasteiger partial charge in [0.1, 0.15) is 5.71 Å². The van der Waals surface area contributed by atoms with E-state index in [1.807, 2.05) is 73.7 Å². The number of benzene rings is 3. The highest BCUT2D eigenvalue weighted by Crippen LogP contribution is 2.29. The van der Waals surface area contributed by atoms with Crippen LogP contribution in [0.3, 0.4) is 0 Å². The molecule has 1 aliphatic rings. The van der Waals surface area contributed by atoms with Gasteiger partial charge in [-0.1, -0.05) is 52.8 Å². The maximum absolute atomic E-state index is 12.8. The standard InChI is InChI=1S/C30H27NO3S2/c1-21-7-13-25(14-8-21)35-20-19-28(31-34)30(33)24-11-17-27(18-12-24)36-26-15-9-23(10-16-26)29(32)22-5-3-2-4-6-22/h3,5-18,34H,2,4,19-20H2,1H3/b31-28+. The second-order valence-electron chi connectivity index (χ2n) is 8.41. The molecule has 0 unspecified atom stereocenters. The third-order valence-electron chi connectivity index (χ3n) is 5.74. The summed E-state index contributed by atoms with van der Waals surface area (Å²) < 4.78 is 0. The van der Waals surface area contributed by atoms with Crippen molar-refractivity contribution in [3.8, 4) is 0 Å². The molecule has 6 heteroatoms. The van der Waals surface area contributed by atoms with Crippen LogP contribution in [0.4, 0.5) is 0 Å². The molecule has 0 aromatic heterocycles. The third kappa shape index (κ3) is 6.86. The predicted molar refractivity (Wildman–Crippen MR) is 148 cm³/mol. The average Bonchev–Trinajstić information content (AvgIpc) is 2.93. The number of aryl methyl sites for hydroxylation is 1. The summed E-state index contributed by atoms with van der Waals surface area (Å²) in [6.07, 6.45) is 8.19. The van der Waals surface area contributed by atoms with Gasteiger partial charge in [0.05, 0.1) is 0 Å². The maximum Gasteiger partial charge on any atom is 0.210 e. The Kier molecular flexibility index (Phi) is 8.98. The van der Waals surface area contributed by atoms with E-state index >= 15 is 0 Å². The van der Waals surface area contributed by atoms with Crippen molar-refractivity contribution in [2.45, 2.75) is 40.9 Å². The minimum Gasteiger partial charge on any atom is -0.411 e. The number of allylic oxidation sites excluding steroid dienone is 4. The van der Waals surface area contributed by atoms with Gasteiger partial charge in [-0.2, -0.15) is 0 Å². The quantitative estimate of drug-likeness (QED) is 0.0985. The van der Waals surface area contributed by atoms with Gasteiger partial charge in [-0.05, 0) is 80.4 Å². The molecule has 3 aromatic rings. The van der Waals surface area contributed by atoms with Crippen molar-refractivity contribution in [1.29, 1.82) is 0 Å². The highest BCUT2D eigenvalue weighted by atomic mass is 32.2. The number of hydrogen-bond donors (Lipinski definition) is 1. The van der Waals surface area contributed by atoms with Crippen LogP contribution >= 0.6 is 23.5 Å². The van der Waals surface area contributed by atoms with Gasteiger partial charge >= 0.3 is 0 Å². The number of thioether (sulfide) groups is 1.